The second-order valence-electron chi connectivity index (χ2n) is 7.21. The molecule has 4 heterocycles. The summed E-state index contributed by atoms with van der Waals surface area (Å²) in [4.78, 5) is 3.71. The molecule has 0 amide bonds. The molecule has 2 heteroatoms. The van der Waals surface area contributed by atoms with Gasteiger partial charge in [-0.05, 0) is 18.1 Å². The van der Waals surface area contributed by atoms with Crippen LogP contribution in [0.1, 0.15) is 16.8 Å². The van der Waals surface area contributed by atoms with Gasteiger partial charge in [-0.15, -0.1) is 0 Å². The second-order valence-corrected chi connectivity index (χ2v) is 7.21. The molecule has 0 unspecified atom stereocenters. The molecule has 2 aromatic carbocycles. The second kappa shape index (κ2) is 4.47. The number of aromatic amines is 1. The minimum Gasteiger partial charge on any atom is -0.354 e. The van der Waals surface area contributed by atoms with Crippen molar-refractivity contribution in [1.29, 1.82) is 0 Å². The van der Waals surface area contributed by atoms with E-state index < -0.39 is 0 Å². The zero-order valence-corrected chi connectivity index (χ0v) is 12.8. The normalized spacial score (nSPS) is 26.3. The van der Waals surface area contributed by atoms with Gasteiger partial charge in [0.15, 0.2) is 0 Å². The Kier molecular flexibility index (Phi) is 2.53. The number of aromatic nitrogens is 1. The highest BCUT2D eigenvalue weighted by Gasteiger charge is 2.47. The Bertz CT molecular complexity index is 825. The minimum atomic E-state index is 0.865. The van der Waals surface area contributed by atoms with Crippen LogP contribution in [0.2, 0.25) is 0 Å². The third-order valence-corrected chi connectivity index (χ3v) is 5.54. The first-order valence-corrected chi connectivity index (χ1v) is 8.29. The first-order chi connectivity index (χ1) is 10.8. The summed E-state index contributed by atoms with van der Waals surface area (Å²) in [5.41, 5.74) is 5.86. The quantitative estimate of drug-likeness (QED) is 0.689. The molecule has 3 aliphatic heterocycles. The topological polar surface area (TPSA) is 15.8 Å². The van der Waals surface area contributed by atoms with Gasteiger partial charge in [0.1, 0.15) is 13.1 Å². The zero-order chi connectivity index (χ0) is 14.6. The van der Waals surface area contributed by atoms with Gasteiger partial charge in [-0.3, -0.25) is 0 Å². The molecule has 0 radical (unpaired) electrons. The molecule has 0 spiro atoms. The van der Waals surface area contributed by atoms with E-state index in [1.54, 1.807) is 5.56 Å². The number of para-hydroxylation sites is 1. The SMILES string of the molecule is c1ccc(C[N+]23Cc4[nH]c5ccccc5c4CC(C2)C3)cc1. The monoisotopic (exact) mass is 289 g/mol. The maximum Gasteiger partial charge on any atom is 0.120 e. The molecule has 1 fully saturated rings. The van der Waals surface area contributed by atoms with Gasteiger partial charge >= 0.3 is 0 Å². The van der Waals surface area contributed by atoms with Crippen molar-refractivity contribution in [2.75, 3.05) is 13.1 Å². The first kappa shape index (κ1) is 12.5. The van der Waals surface area contributed by atoms with Crippen LogP contribution in [-0.2, 0) is 19.5 Å². The van der Waals surface area contributed by atoms with Crippen molar-refractivity contribution in [3.63, 3.8) is 0 Å². The maximum atomic E-state index is 3.71. The Morgan fingerprint density at radius 2 is 1.73 bits per heavy atom. The Balaban J connectivity index is 1.53. The summed E-state index contributed by atoms with van der Waals surface area (Å²) in [6, 6.07) is 19.8. The van der Waals surface area contributed by atoms with Crippen molar-refractivity contribution in [2.45, 2.75) is 19.5 Å². The van der Waals surface area contributed by atoms with Crippen LogP contribution in [0.5, 0.6) is 0 Å². The highest BCUT2D eigenvalue weighted by molar-refractivity contribution is 5.84. The zero-order valence-electron chi connectivity index (χ0n) is 12.8. The van der Waals surface area contributed by atoms with E-state index in [2.05, 4.69) is 59.6 Å². The fourth-order valence-corrected chi connectivity index (χ4v) is 4.70. The lowest BCUT2D eigenvalue weighted by molar-refractivity contribution is -0.996. The van der Waals surface area contributed by atoms with E-state index in [-0.39, 0.29) is 0 Å². The van der Waals surface area contributed by atoms with Gasteiger partial charge in [0.2, 0.25) is 0 Å². The molecular weight excluding hydrogens is 268 g/mol. The smallest absolute Gasteiger partial charge is 0.120 e. The van der Waals surface area contributed by atoms with Crippen molar-refractivity contribution in [3.05, 3.63) is 71.4 Å². The van der Waals surface area contributed by atoms with Crippen LogP contribution in [0, 0.1) is 5.92 Å². The molecule has 0 saturated carbocycles. The van der Waals surface area contributed by atoms with Gasteiger partial charge < -0.3 is 9.47 Å². The average Bonchev–Trinajstić information content (AvgIpc) is 2.67. The van der Waals surface area contributed by atoms with E-state index in [0.717, 1.165) is 12.5 Å². The molecule has 2 bridgehead atoms. The van der Waals surface area contributed by atoms with Gasteiger partial charge in [0, 0.05) is 16.5 Å². The number of hydrogen-bond acceptors (Lipinski definition) is 0. The van der Waals surface area contributed by atoms with Crippen LogP contribution in [0.4, 0.5) is 0 Å². The highest BCUT2D eigenvalue weighted by Crippen LogP contribution is 2.40. The van der Waals surface area contributed by atoms with E-state index >= 15 is 0 Å². The number of quaternary nitrogens is 1. The number of hydrogen-bond donors (Lipinski definition) is 1. The van der Waals surface area contributed by atoms with Crippen LogP contribution >= 0.6 is 0 Å². The molecule has 6 rings (SSSR count). The Morgan fingerprint density at radius 3 is 2.59 bits per heavy atom. The molecule has 0 aliphatic carbocycles. The standard InChI is InChI=1S/C20H21N2/c1-2-6-15(7-3-1)11-22-12-16(13-22)10-18-17-8-4-5-9-19(17)21-20(18)14-22/h1-9,16,21H,10-14H2/q+1. The molecule has 22 heavy (non-hydrogen) atoms. The van der Waals surface area contributed by atoms with E-state index in [1.807, 2.05) is 0 Å². The van der Waals surface area contributed by atoms with E-state index in [9.17, 15) is 0 Å². The van der Waals surface area contributed by atoms with Crippen molar-refractivity contribution in [1.82, 2.24) is 4.98 Å². The molecule has 3 aliphatic rings. The molecule has 1 saturated heterocycles. The highest BCUT2D eigenvalue weighted by atomic mass is 15.4. The third kappa shape index (κ3) is 1.84. The van der Waals surface area contributed by atoms with Crippen LogP contribution in [-0.4, -0.2) is 22.6 Å². The fourth-order valence-electron chi connectivity index (χ4n) is 4.70. The number of H-pyrrole nitrogens is 1. The maximum absolute atomic E-state index is 3.71. The van der Waals surface area contributed by atoms with Crippen molar-refractivity contribution >= 4 is 10.9 Å². The van der Waals surface area contributed by atoms with Gasteiger partial charge in [0.05, 0.1) is 24.7 Å². The molecule has 110 valence electrons. The van der Waals surface area contributed by atoms with Gasteiger partial charge in [0.25, 0.3) is 0 Å². The van der Waals surface area contributed by atoms with E-state index in [0.29, 0.717) is 0 Å². The summed E-state index contributed by atoms with van der Waals surface area (Å²) in [6.45, 7) is 5.01. The van der Waals surface area contributed by atoms with Crippen LogP contribution in [0.25, 0.3) is 10.9 Å². The van der Waals surface area contributed by atoms with Crippen molar-refractivity contribution in [3.8, 4) is 0 Å². The Morgan fingerprint density at radius 1 is 0.955 bits per heavy atom. The minimum absolute atomic E-state index is 0.865. The predicted octanol–water partition coefficient (Wildman–Crippen LogP) is 3.87. The van der Waals surface area contributed by atoms with E-state index in [4.69, 9.17) is 0 Å². The lowest BCUT2D eigenvalue weighted by Gasteiger charge is -2.49. The van der Waals surface area contributed by atoms with Crippen molar-refractivity contribution < 1.29 is 4.48 Å². The van der Waals surface area contributed by atoms with Crippen molar-refractivity contribution in [2.24, 2.45) is 5.92 Å². The number of rotatable bonds is 2. The molecule has 3 aromatic rings. The fraction of sp³-hybridized carbons (Fsp3) is 0.300. The summed E-state index contributed by atoms with van der Waals surface area (Å²) in [6.07, 6.45) is 1.26. The van der Waals surface area contributed by atoms with Crippen LogP contribution in [0.3, 0.4) is 0 Å². The molecule has 0 atom stereocenters. The summed E-state index contributed by atoms with van der Waals surface area (Å²) in [5.74, 6) is 0.865. The molecule has 2 nitrogen and oxygen atoms in total. The Hall–Kier alpha value is -2.06. The lowest BCUT2D eigenvalue weighted by atomic mass is 9.91. The molecule has 1 aromatic heterocycles. The Labute approximate surface area is 131 Å². The molecule has 1 N–H and O–H groups in total. The number of benzene rings is 2. The summed E-state index contributed by atoms with van der Waals surface area (Å²) < 4.78 is 1.23. The lowest BCUT2D eigenvalue weighted by Crippen LogP contribution is -2.61. The van der Waals surface area contributed by atoms with E-state index in [1.165, 1.54) is 52.7 Å². The number of nitrogens with one attached hydrogen (secondary N) is 1. The number of fused-ring (bicyclic) bond motifs is 1. The average molecular weight is 289 g/mol. The van der Waals surface area contributed by atoms with Crippen LogP contribution in [0.15, 0.2) is 54.6 Å². The first-order valence-electron chi connectivity index (χ1n) is 8.29. The predicted molar refractivity (Wildman–Crippen MR) is 89.3 cm³/mol. The molecular formula is C20H21N2+. The third-order valence-electron chi connectivity index (χ3n) is 5.54. The summed E-state index contributed by atoms with van der Waals surface area (Å²) in [7, 11) is 0. The summed E-state index contributed by atoms with van der Waals surface area (Å²) in [5, 5.41) is 1.45. The number of nitrogens with zero attached hydrogens (tertiary/aromatic N) is 1. The van der Waals surface area contributed by atoms with Gasteiger partial charge in [-0.2, -0.15) is 0 Å². The largest absolute Gasteiger partial charge is 0.354 e. The van der Waals surface area contributed by atoms with Gasteiger partial charge in [-0.25, -0.2) is 0 Å². The van der Waals surface area contributed by atoms with Crippen LogP contribution < -0.4 is 0 Å². The van der Waals surface area contributed by atoms with Gasteiger partial charge in [-0.1, -0.05) is 48.5 Å². The summed E-state index contributed by atoms with van der Waals surface area (Å²) >= 11 is 0.